The van der Waals surface area contributed by atoms with E-state index in [-0.39, 0.29) is 0 Å². The van der Waals surface area contributed by atoms with Gasteiger partial charge in [-0.2, -0.15) is 0 Å². The lowest BCUT2D eigenvalue weighted by molar-refractivity contribution is 0.662. The smallest absolute Gasteiger partial charge is 0.147 e. The average molecular weight is 629 g/mol. The second kappa shape index (κ2) is 11.2. The predicted molar refractivity (Wildman–Crippen MR) is 205 cm³/mol. The van der Waals surface area contributed by atoms with E-state index in [0.29, 0.717) is 0 Å². The Morgan fingerprint density at radius 2 is 0.980 bits per heavy atom. The number of fused-ring (bicyclic) bond motifs is 9. The Morgan fingerprint density at radius 3 is 1.78 bits per heavy atom. The molecule has 0 atom stereocenters. The molecule has 232 valence electrons. The molecule has 0 spiro atoms. The fourth-order valence-electron chi connectivity index (χ4n) is 8.10. The van der Waals surface area contributed by atoms with Crippen LogP contribution in [-0.2, 0) is 12.8 Å². The minimum absolute atomic E-state index is 0.873. The first-order chi connectivity index (χ1) is 24.3. The lowest BCUT2D eigenvalue weighted by atomic mass is 9.86. The maximum absolute atomic E-state index is 6.48. The lowest BCUT2D eigenvalue weighted by Crippen LogP contribution is -1.96. The van der Waals surface area contributed by atoms with Gasteiger partial charge in [-0.3, -0.25) is 0 Å². The minimum atomic E-state index is 0.873. The summed E-state index contributed by atoms with van der Waals surface area (Å²) in [7, 11) is 0. The van der Waals surface area contributed by atoms with Gasteiger partial charge < -0.3 is 8.83 Å². The largest absolute Gasteiger partial charge is 0.456 e. The van der Waals surface area contributed by atoms with Gasteiger partial charge in [0.05, 0.1) is 5.39 Å². The standard InChI is InChI=1S/C47H32O2/c1-2-13-30(14-3-1)32-17-10-18-33(29-32)44-38-22-6-4-19-35(38)34(36-20-5-7-23-39(36)44)24-11-15-31-16-12-26-42-45(31)46-43(48-42)28-27-40-37-21-8-9-25-41(37)49-47(40)46/h1-10,12-14,16-23,25-29H,11,15,24H2. The second-order valence-corrected chi connectivity index (χ2v) is 13.1. The molecule has 10 aromatic rings. The number of hydrogen-bond acceptors (Lipinski definition) is 2. The van der Waals surface area contributed by atoms with Crippen LogP contribution in [0.5, 0.6) is 0 Å². The highest BCUT2D eigenvalue weighted by atomic mass is 16.3. The highest BCUT2D eigenvalue weighted by Crippen LogP contribution is 2.43. The summed E-state index contributed by atoms with van der Waals surface area (Å²) in [6, 6.07) is 56.6. The summed E-state index contributed by atoms with van der Waals surface area (Å²) in [6.07, 6.45) is 2.92. The molecule has 0 saturated carbocycles. The van der Waals surface area contributed by atoms with Gasteiger partial charge in [-0.25, -0.2) is 0 Å². The molecule has 2 nitrogen and oxygen atoms in total. The third-order valence-corrected chi connectivity index (χ3v) is 10.3. The number of furan rings is 2. The molecule has 10 rings (SSSR count). The van der Waals surface area contributed by atoms with Crippen LogP contribution in [0.2, 0.25) is 0 Å². The molecule has 0 aliphatic rings. The summed E-state index contributed by atoms with van der Waals surface area (Å²) >= 11 is 0. The van der Waals surface area contributed by atoms with Crippen molar-refractivity contribution in [1.82, 2.24) is 0 Å². The third kappa shape index (κ3) is 4.48. The maximum atomic E-state index is 6.48. The molecule has 0 saturated heterocycles. The molecule has 2 heterocycles. The van der Waals surface area contributed by atoms with Crippen molar-refractivity contribution < 1.29 is 8.83 Å². The molecule has 0 fully saturated rings. The topological polar surface area (TPSA) is 26.3 Å². The number of aryl methyl sites for hydroxylation is 2. The van der Waals surface area contributed by atoms with E-state index in [9.17, 15) is 0 Å². The average Bonchev–Trinajstić information content (AvgIpc) is 3.74. The van der Waals surface area contributed by atoms with E-state index in [4.69, 9.17) is 8.83 Å². The van der Waals surface area contributed by atoms with Crippen molar-refractivity contribution in [2.45, 2.75) is 19.3 Å². The van der Waals surface area contributed by atoms with Crippen molar-refractivity contribution in [3.63, 3.8) is 0 Å². The van der Waals surface area contributed by atoms with Gasteiger partial charge in [0.15, 0.2) is 0 Å². The summed E-state index contributed by atoms with van der Waals surface area (Å²) in [5.41, 5.74) is 11.3. The number of hydrogen-bond donors (Lipinski definition) is 0. The molecule has 0 unspecified atom stereocenters. The zero-order valence-corrected chi connectivity index (χ0v) is 26.9. The normalized spacial score (nSPS) is 11.9. The molecular weight excluding hydrogens is 597 g/mol. The van der Waals surface area contributed by atoms with Crippen LogP contribution in [0.1, 0.15) is 17.5 Å². The molecule has 0 aliphatic heterocycles. The molecule has 0 N–H and O–H groups in total. The zero-order valence-electron chi connectivity index (χ0n) is 26.9. The van der Waals surface area contributed by atoms with E-state index in [1.165, 1.54) is 60.3 Å². The van der Waals surface area contributed by atoms with E-state index in [2.05, 4.69) is 146 Å². The monoisotopic (exact) mass is 628 g/mol. The van der Waals surface area contributed by atoms with Gasteiger partial charge in [0.1, 0.15) is 22.3 Å². The first-order valence-corrected chi connectivity index (χ1v) is 17.1. The van der Waals surface area contributed by atoms with Gasteiger partial charge in [-0.15, -0.1) is 0 Å². The van der Waals surface area contributed by atoms with E-state index in [0.717, 1.165) is 57.8 Å². The van der Waals surface area contributed by atoms with Gasteiger partial charge in [-0.1, -0.05) is 127 Å². The van der Waals surface area contributed by atoms with Crippen LogP contribution < -0.4 is 0 Å². The van der Waals surface area contributed by atoms with Crippen LogP contribution in [0.3, 0.4) is 0 Å². The summed E-state index contributed by atoms with van der Waals surface area (Å²) in [5.74, 6) is 0. The van der Waals surface area contributed by atoms with Gasteiger partial charge in [0, 0.05) is 16.2 Å². The highest BCUT2D eigenvalue weighted by Gasteiger charge is 2.19. The molecule has 2 aromatic heterocycles. The Kier molecular flexibility index (Phi) is 6.41. The van der Waals surface area contributed by atoms with Crippen LogP contribution in [-0.4, -0.2) is 0 Å². The van der Waals surface area contributed by atoms with Crippen LogP contribution in [0.15, 0.2) is 167 Å². The van der Waals surface area contributed by atoms with Crippen molar-refractivity contribution >= 4 is 65.4 Å². The Balaban J connectivity index is 1.07. The minimum Gasteiger partial charge on any atom is -0.456 e. The second-order valence-electron chi connectivity index (χ2n) is 13.1. The van der Waals surface area contributed by atoms with Crippen molar-refractivity contribution in [3.8, 4) is 22.3 Å². The van der Waals surface area contributed by atoms with Crippen LogP contribution in [0.25, 0.3) is 87.7 Å². The first kappa shape index (κ1) is 27.9. The summed E-state index contributed by atoms with van der Waals surface area (Å²) in [4.78, 5) is 0. The predicted octanol–water partition coefficient (Wildman–Crippen LogP) is 13.3. The van der Waals surface area contributed by atoms with Crippen molar-refractivity contribution in [2.24, 2.45) is 0 Å². The van der Waals surface area contributed by atoms with Gasteiger partial charge in [0.25, 0.3) is 0 Å². The molecule has 2 heteroatoms. The van der Waals surface area contributed by atoms with E-state index >= 15 is 0 Å². The number of benzene rings is 8. The molecule has 0 aliphatic carbocycles. The third-order valence-electron chi connectivity index (χ3n) is 10.3. The molecule has 0 radical (unpaired) electrons. The van der Waals surface area contributed by atoms with Gasteiger partial charge in [0.2, 0.25) is 0 Å². The van der Waals surface area contributed by atoms with Crippen molar-refractivity contribution in [1.29, 1.82) is 0 Å². The molecule has 0 bridgehead atoms. The van der Waals surface area contributed by atoms with E-state index < -0.39 is 0 Å². The Labute approximate surface area is 283 Å². The van der Waals surface area contributed by atoms with Crippen molar-refractivity contribution in [3.05, 3.63) is 169 Å². The Morgan fingerprint density at radius 1 is 0.367 bits per heavy atom. The fraction of sp³-hybridized carbons (Fsp3) is 0.0638. The first-order valence-electron chi connectivity index (χ1n) is 17.1. The zero-order chi connectivity index (χ0) is 32.3. The summed E-state index contributed by atoms with van der Waals surface area (Å²) in [5, 5.41) is 9.79. The summed E-state index contributed by atoms with van der Waals surface area (Å²) < 4.78 is 12.9. The fourth-order valence-corrected chi connectivity index (χ4v) is 8.10. The van der Waals surface area contributed by atoms with Crippen LogP contribution in [0.4, 0.5) is 0 Å². The number of rotatable bonds is 6. The molecule has 49 heavy (non-hydrogen) atoms. The molecule has 0 amide bonds. The van der Waals surface area contributed by atoms with E-state index in [1.807, 2.05) is 12.1 Å². The molecular formula is C47H32O2. The summed E-state index contributed by atoms with van der Waals surface area (Å²) in [6.45, 7) is 0. The van der Waals surface area contributed by atoms with Gasteiger partial charge in [-0.05, 0) is 105 Å². The highest BCUT2D eigenvalue weighted by molar-refractivity contribution is 6.22. The van der Waals surface area contributed by atoms with Crippen LogP contribution >= 0.6 is 0 Å². The maximum Gasteiger partial charge on any atom is 0.147 e. The molecule has 8 aromatic carbocycles. The Hall–Kier alpha value is -6.12. The van der Waals surface area contributed by atoms with Gasteiger partial charge >= 0.3 is 0 Å². The Bertz CT molecular complexity index is 2790. The lowest BCUT2D eigenvalue weighted by Gasteiger charge is -2.18. The van der Waals surface area contributed by atoms with E-state index in [1.54, 1.807) is 0 Å². The quantitative estimate of drug-likeness (QED) is 0.171. The van der Waals surface area contributed by atoms with Crippen LogP contribution in [0, 0.1) is 0 Å². The number of para-hydroxylation sites is 1. The SMILES string of the molecule is c1ccc(-c2cccc(-c3c4ccccc4c(CCCc4cccc5oc6ccc7c8ccccc8oc7c6c45)c4ccccc34)c2)cc1. The van der Waals surface area contributed by atoms with Crippen molar-refractivity contribution in [2.75, 3.05) is 0 Å².